The molecule has 1 aliphatic rings. The summed E-state index contributed by atoms with van der Waals surface area (Å²) >= 11 is 0. The highest BCUT2D eigenvalue weighted by atomic mass is 19.4. The molecule has 1 fully saturated rings. The topological polar surface area (TPSA) is 27.7 Å². The second-order valence-electron chi connectivity index (χ2n) is 7.57. The van der Waals surface area contributed by atoms with Crippen LogP contribution < -0.4 is 10.3 Å². The highest BCUT2D eigenvalue weighted by molar-refractivity contribution is 5.83. The summed E-state index contributed by atoms with van der Waals surface area (Å²) in [4.78, 5) is 0. The number of hydrogen-bond donors (Lipinski definition) is 1. The molecule has 1 saturated heterocycles. The van der Waals surface area contributed by atoms with Crippen LogP contribution in [0.1, 0.15) is 22.7 Å². The molecule has 1 heterocycles. The maximum atomic E-state index is 13.2. The van der Waals surface area contributed by atoms with Gasteiger partial charge in [0.1, 0.15) is 5.75 Å². The van der Waals surface area contributed by atoms with E-state index in [-0.39, 0.29) is 24.9 Å². The number of hydrazine groups is 2. The SMILES string of the molecule is CN1NN(COc2ccc3ccccc3c2)CC1c1cc(C(F)(F)F)cc(C(F)(F)F)c1. The molecule has 0 bridgehead atoms. The van der Waals surface area contributed by atoms with Crippen molar-refractivity contribution in [3.8, 4) is 5.75 Å². The molecule has 0 saturated carbocycles. The Bertz CT molecular complexity index is 1080. The first-order valence-electron chi connectivity index (χ1n) is 9.66. The molecule has 1 aliphatic heterocycles. The van der Waals surface area contributed by atoms with E-state index in [1.807, 2.05) is 36.4 Å². The molecule has 0 radical (unpaired) electrons. The van der Waals surface area contributed by atoms with Gasteiger partial charge in [0, 0.05) is 13.6 Å². The van der Waals surface area contributed by atoms with Crippen LogP contribution in [0.2, 0.25) is 0 Å². The van der Waals surface area contributed by atoms with Crippen molar-refractivity contribution < 1.29 is 31.1 Å². The Labute approximate surface area is 179 Å². The summed E-state index contributed by atoms with van der Waals surface area (Å²) in [6.07, 6.45) is -9.78. The standard InChI is InChI=1S/C22H19F6N3O/c1-30-20(16-8-17(21(23,24)25)11-18(9-16)22(26,27)28)12-31(29-30)13-32-19-7-6-14-4-2-3-5-15(14)10-19/h2-11,20,29H,12-13H2,1H3. The zero-order valence-corrected chi connectivity index (χ0v) is 16.8. The number of nitrogens with one attached hydrogen (secondary N) is 1. The number of ether oxygens (including phenoxy) is 1. The Morgan fingerprint density at radius 2 is 1.50 bits per heavy atom. The number of nitrogens with zero attached hydrogens (tertiary/aromatic N) is 2. The molecular weight excluding hydrogens is 436 g/mol. The van der Waals surface area contributed by atoms with Crippen molar-refractivity contribution in [1.82, 2.24) is 15.6 Å². The van der Waals surface area contributed by atoms with Gasteiger partial charge in [-0.3, -0.25) is 0 Å². The molecule has 0 spiro atoms. The van der Waals surface area contributed by atoms with Crippen LogP contribution in [0.3, 0.4) is 0 Å². The number of benzene rings is 3. The van der Waals surface area contributed by atoms with Crippen LogP contribution in [0.25, 0.3) is 10.8 Å². The summed E-state index contributed by atoms with van der Waals surface area (Å²) in [6, 6.07) is 14.2. The largest absolute Gasteiger partial charge is 0.477 e. The molecular formula is C22H19F6N3O. The van der Waals surface area contributed by atoms with Gasteiger partial charge in [0.15, 0.2) is 6.73 Å². The second kappa shape index (κ2) is 8.27. The molecule has 4 rings (SSSR count). The summed E-state index contributed by atoms with van der Waals surface area (Å²) in [6.45, 7) is 0.174. The third-order valence-electron chi connectivity index (χ3n) is 5.26. The predicted molar refractivity (Wildman–Crippen MR) is 106 cm³/mol. The van der Waals surface area contributed by atoms with Gasteiger partial charge in [-0.2, -0.15) is 36.9 Å². The zero-order valence-electron chi connectivity index (χ0n) is 16.8. The molecule has 3 aromatic rings. The molecule has 0 aromatic heterocycles. The molecule has 1 atom stereocenters. The van der Waals surface area contributed by atoms with Gasteiger partial charge in [0.25, 0.3) is 0 Å². The predicted octanol–water partition coefficient (Wildman–Crippen LogP) is 5.62. The van der Waals surface area contributed by atoms with E-state index in [1.165, 1.54) is 5.01 Å². The van der Waals surface area contributed by atoms with E-state index in [0.29, 0.717) is 5.75 Å². The van der Waals surface area contributed by atoms with Crippen molar-refractivity contribution in [2.45, 2.75) is 18.4 Å². The third kappa shape index (κ3) is 4.82. The maximum Gasteiger partial charge on any atom is 0.416 e. The van der Waals surface area contributed by atoms with Crippen LogP contribution in [0.15, 0.2) is 60.7 Å². The molecule has 170 valence electrons. The van der Waals surface area contributed by atoms with Gasteiger partial charge >= 0.3 is 12.4 Å². The number of alkyl halides is 6. The van der Waals surface area contributed by atoms with Crippen molar-refractivity contribution in [2.75, 3.05) is 20.3 Å². The fraction of sp³-hybridized carbons (Fsp3) is 0.273. The summed E-state index contributed by atoms with van der Waals surface area (Å²) in [7, 11) is 1.55. The number of rotatable bonds is 4. The van der Waals surface area contributed by atoms with Crippen molar-refractivity contribution in [2.24, 2.45) is 0 Å². The van der Waals surface area contributed by atoms with Crippen LogP contribution in [0.5, 0.6) is 5.75 Å². The zero-order chi connectivity index (χ0) is 23.1. The van der Waals surface area contributed by atoms with Gasteiger partial charge < -0.3 is 4.74 Å². The average molecular weight is 455 g/mol. The summed E-state index contributed by atoms with van der Waals surface area (Å²) in [5.74, 6) is 0.593. The lowest BCUT2D eigenvalue weighted by Gasteiger charge is -2.21. The molecule has 1 unspecified atom stereocenters. The first kappa shape index (κ1) is 22.4. The van der Waals surface area contributed by atoms with Crippen LogP contribution in [-0.4, -0.2) is 30.3 Å². The summed E-state index contributed by atoms with van der Waals surface area (Å²) in [5, 5.41) is 5.06. The molecule has 10 heteroatoms. The number of likely N-dealkylation sites (N-methyl/N-ethyl adjacent to an activating group) is 1. The van der Waals surface area contributed by atoms with Crippen LogP contribution >= 0.6 is 0 Å². The first-order chi connectivity index (χ1) is 15.0. The van der Waals surface area contributed by atoms with Crippen molar-refractivity contribution >= 4 is 10.8 Å². The minimum Gasteiger partial charge on any atom is -0.477 e. The molecule has 0 aliphatic carbocycles. The van der Waals surface area contributed by atoms with Crippen molar-refractivity contribution in [1.29, 1.82) is 0 Å². The summed E-state index contributed by atoms with van der Waals surface area (Å²) < 4.78 is 84.9. The molecule has 3 aromatic carbocycles. The quantitative estimate of drug-likeness (QED) is 0.517. The Morgan fingerprint density at radius 3 is 2.12 bits per heavy atom. The maximum absolute atomic E-state index is 13.2. The smallest absolute Gasteiger partial charge is 0.416 e. The molecule has 32 heavy (non-hydrogen) atoms. The molecule has 1 N–H and O–H groups in total. The van der Waals surface area contributed by atoms with Crippen LogP contribution in [0.4, 0.5) is 26.3 Å². The Balaban J connectivity index is 1.51. The molecule has 4 nitrogen and oxygen atoms in total. The van der Waals surface area contributed by atoms with Crippen molar-refractivity contribution in [3.63, 3.8) is 0 Å². The number of hydrogen-bond acceptors (Lipinski definition) is 4. The second-order valence-corrected chi connectivity index (χ2v) is 7.57. The lowest BCUT2D eigenvalue weighted by molar-refractivity contribution is -0.143. The van der Waals surface area contributed by atoms with E-state index in [9.17, 15) is 26.3 Å². The van der Waals surface area contributed by atoms with E-state index in [2.05, 4.69) is 5.53 Å². The minimum atomic E-state index is -4.89. The fourth-order valence-corrected chi connectivity index (χ4v) is 3.66. The number of halogens is 6. The number of fused-ring (bicyclic) bond motifs is 1. The van der Waals surface area contributed by atoms with E-state index in [0.717, 1.165) is 22.9 Å². The van der Waals surface area contributed by atoms with Crippen LogP contribution in [0, 0.1) is 0 Å². The lowest BCUT2D eigenvalue weighted by Crippen LogP contribution is -2.39. The van der Waals surface area contributed by atoms with E-state index in [1.54, 1.807) is 18.1 Å². The van der Waals surface area contributed by atoms with E-state index < -0.39 is 29.5 Å². The Morgan fingerprint density at radius 1 is 0.875 bits per heavy atom. The summed E-state index contributed by atoms with van der Waals surface area (Å²) in [5.41, 5.74) is 0.154. The van der Waals surface area contributed by atoms with Crippen molar-refractivity contribution in [3.05, 3.63) is 77.4 Å². The third-order valence-corrected chi connectivity index (χ3v) is 5.26. The van der Waals surface area contributed by atoms with Gasteiger partial charge in [0.05, 0.1) is 17.2 Å². The normalized spacial score (nSPS) is 18.4. The van der Waals surface area contributed by atoms with E-state index in [4.69, 9.17) is 4.74 Å². The first-order valence-corrected chi connectivity index (χ1v) is 9.66. The lowest BCUT2D eigenvalue weighted by atomic mass is 9.99. The van der Waals surface area contributed by atoms with Gasteiger partial charge in [-0.15, -0.1) is 0 Å². The van der Waals surface area contributed by atoms with Gasteiger partial charge in [-0.05, 0) is 46.7 Å². The van der Waals surface area contributed by atoms with Gasteiger partial charge in [0.2, 0.25) is 0 Å². The van der Waals surface area contributed by atoms with E-state index >= 15 is 0 Å². The fourth-order valence-electron chi connectivity index (χ4n) is 3.66. The highest BCUT2D eigenvalue weighted by Gasteiger charge is 2.39. The highest BCUT2D eigenvalue weighted by Crippen LogP contribution is 2.38. The monoisotopic (exact) mass is 455 g/mol. The minimum absolute atomic E-state index is 0.0459. The average Bonchev–Trinajstić information content (AvgIpc) is 3.11. The van der Waals surface area contributed by atoms with Gasteiger partial charge in [-0.1, -0.05) is 30.3 Å². The van der Waals surface area contributed by atoms with Crippen LogP contribution in [-0.2, 0) is 12.4 Å². The van der Waals surface area contributed by atoms with Gasteiger partial charge in [-0.25, -0.2) is 5.01 Å². The molecule has 0 amide bonds. The Kier molecular flexibility index (Phi) is 5.78. The Hall–Kier alpha value is -2.82.